The van der Waals surface area contributed by atoms with E-state index in [1.54, 1.807) is 0 Å². The predicted octanol–water partition coefficient (Wildman–Crippen LogP) is -2.52. The summed E-state index contributed by atoms with van der Waals surface area (Å²) >= 11 is 3.64. The number of rotatable bonds is 0. The predicted molar refractivity (Wildman–Crippen MR) is 28.8 cm³/mol. The van der Waals surface area contributed by atoms with Crippen LogP contribution in [0.25, 0.3) is 0 Å². The van der Waals surface area contributed by atoms with E-state index >= 15 is 0 Å². The van der Waals surface area contributed by atoms with Crippen molar-refractivity contribution < 1.29 is 10.1 Å². The van der Waals surface area contributed by atoms with Gasteiger partial charge in [-0.25, -0.2) is 0 Å². The molecule has 0 atom stereocenters. The van der Waals surface area contributed by atoms with Crippen molar-refractivity contribution in [3.05, 3.63) is 0 Å². The maximum atomic E-state index is 6.47. The molecule has 3 N–H and O–H groups in total. The van der Waals surface area contributed by atoms with Gasteiger partial charge in [0.2, 0.25) is 0 Å². The standard InChI is InChI=1S/Al.ClHO.Li.H2O.4H/c;1-2;;;;;;/h;2H;;1H2;;;;. The van der Waals surface area contributed by atoms with Crippen LogP contribution in [0, 0.1) is 0 Å². The van der Waals surface area contributed by atoms with E-state index in [0.717, 1.165) is 0 Å². The molecule has 30 valence electrons. The molecule has 0 saturated carbocycles. The molecule has 5 heavy (non-hydrogen) atoms. The molecule has 0 aromatic heterocycles. The first-order valence-corrected chi connectivity index (χ1v) is 0.507. The topological polar surface area (TPSA) is 51.7 Å². The molecule has 0 unspecified atom stereocenters. The molecule has 0 heterocycles. The van der Waals surface area contributed by atoms with Gasteiger partial charge in [-0.3, -0.25) is 4.66 Å². The van der Waals surface area contributed by atoms with Crippen LogP contribution in [0.5, 0.6) is 0 Å². The third-order valence-corrected chi connectivity index (χ3v) is 0. The average Bonchev–Trinajstić information content (AvgIpc) is 1.00. The first-order valence-electron chi connectivity index (χ1n) is 0.169. The average molecular weight is 108 g/mol. The number of hydrogen-bond acceptors (Lipinski definition) is 1. The van der Waals surface area contributed by atoms with Gasteiger partial charge in [-0.05, 0) is 0 Å². The second-order valence-electron chi connectivity index (χ2n) is 0. The van der Waals surface area contributed by atoms with Crippen LogP contribution in [-0.2, 0) is 0 Å². The fraction of sp³-hybridized carbons (Fsp3) is 0. The Morgan fingerprint density at radius 3 is 1.20 bits per heavy atom. The van der Waals surface area contributed by atoms with Crippen molar-refractivity contribution in [3.8, 4) is 0 Å². The summed E-state index contributed by atoms with van der Waals surface area (Å²) in [7, 11) is 0. The third kappa shape index (κ3) is 33.2. The van der Waals surface area contributed by atoms with Gasteiger partial charge in [0.05, 0.1) is 11.9 Å². The van der Waals surface area contributed by atoms with Gasteiger partial charge in [-0.2, -0.15) is 0 Å². The molecule has 5 heteroatoms. The Labute approximate surface area is 58.3 Å². The molecule has 0 aromatic carbocycles. The quantitative estimate of drug-likeness (QED) is 0.342. The molecule has 0 rings (SSSR count). The molecule has 0 spiro atoms. The number of halogens is 1. The minimum atomic E-state index is 0. The summed E-state index contributed by atoms with van der Waals surface area (Å²) in [6.07, 6.45) is 0. The fourth-order valence-corrected chi connectivity index (χ4v) is 0. The van der Waals surface area contributed by atoms with Crippen LogP contribution < -0.4 is 0 Å². The van der Waals surface area contributed by atoms with Crippen LogP contribution in [-0.4, -0.2) is 46.4 Å². The first-order chi connectivity index (χ1) is 1.00. The summed E-state index contributed by atoms with van der Waals surface area (Å²) in [5.74, 6) is 0. The molecule has 0 aromatic rings. The maximum absolute atomic E-state index is 6.47. The van der Waals surface area contributed by atoms with Crippen LogP contribution >= 0.6 is 11.9 Å². The zero-order valence-corrected chi connectivity index (χ0v) is 2.08. The van der Waals surface area contributed by atoms with E-state index < -0.39 is 0 Å². The zero-order valence-electron chi connectivity index (χ0n) is 1.33. The number of hydrogen-bond donors (Lipinski definition) is 1. The SMILES string of the molecule is O.OCl.[AlH3].[LiH]. The molecule has 0 fully saturated rings. The minimum absolute atomic E-state index is 0. The molecule has 0 saturated heterocycles. The summed E-state index contributed by atoms with van der Waals surface area (Å²) in [5.41, 5.74) is 0. The van der Waals surface area contributed by atoms with Gasteiger partial charge in [0.25, 0.3) is 0 Å². The van der Waals surface area contributed by atoms with E-state index in [1.165, 1.54) is 0 Å². The Bertz CT molecular complexity index is 9.61. The summed E-state index contributed by atoms with van der Waals surface area (Å²) in [6, 6.07) is 0. The molecule has 0 amide bonds. The molecular weight excluding hydrogens is 101 g/mol. The Balaban J connectivity index is -0.00000000167. The van der Waals surface area contributed by atoms with Gasteiger partial charge in [-0.15, -0.1) is 0 Å². The van der Waals surface area contributed by atoms with E-state index in [1.807, 2.05) is 0 Å². The van der Waals surface area contributed by atoms with Crippen molar-refractivity contribution >= 4 is 48.1 Å². The van der Waals surface area contributed by atoms with Crippen LogP contribution in [0.1, 0.15) is 0 Å². The van der Waals surface area contributed by atoms with Crippen LogP contribution in [0.15, 0.2) is 0 Å². The van der Waals surface area contributed by atoms with E-state index in [9.17, 15) is 0 Å². The van der Waals surface area contributed by atoms with Crippen molar-refractivity contribution in [1.82, 2.24) is 0 Å². The van der Waals surface area contributed by atoms with E-state index in [4.69, 9.17) is 4.66 Å². The van der Waals surface area contributed by atoms with Gasteiger partial charge < -0.3 is 5.48 Å². The van der Waals surface area contributed by atoms with E-state index in [0.29, 0.717) is 0 Å². The van der Waals surface area contributed by atoms with Gasteiger partial charge >= 0.3 is 18.9 Å². The Morgan fingerprint density at radius 2 is 1.20 bits per heavy atom. The normalized spacial score (nSPS) is 1.20. The fourth-order valence-electron chi connectivity index (χ4n) is 0. The summed E-state index contributed by atoms with van der Waals surface area (Å²) < 4.78 is 6.47. The Hall–Kier alpha value is 1.34. The molecule has 2 nitrogen and oxygen atoms in total. The Kier molecular flexibility index (Phi) is 370. The second kappa shape index (κ2) is 56.0. The molecular formula is H7AlClLiO2. The van der Waals surface area contributed by atoms with Gasteiger partial charge in [0.1, 0.15) is 0 Å². The summed E-state index contributed by atoms with van der Waals surface area (Å²) in [5, 5.41) is 0. The van der Waals surface area contributed by atoms with Gasteiger partial charge in [0, 0.05) is 0 Å². The van der Waals surface area contributed by atoms with Gasteiger partial charge in [-0.1, -0.05) is 0 Å². The monoisotopic (exact) mass is 108 g/mol. The first kappa shape index (κ1) is 33.0. The summed E-state index contributed by atoms with van der Waals surface area (Å²) in [4.78, 5) is 0. The van der Waals surface area contributed by atoms with E-state index in [-0.39, 0.29) is 41.7 Å². The Morgan fingerprint density at radius 1 is 1.20 bits per heavy atom. The molecule has 0 radical (unpaired) electrons. The van der Waals surface area contributed by atoms with Crippen molar-refractivity contribution in [3.63, 3.8) is 0 Å². The van der Waals surface area contributed by atoms with Crippen molar-refractivity contribution in [2.24, 2.45) is 0 Å². The van der Waals surface area contributed by atoms with Gasteiger partial charge in [0.15, 0.2) is 17.4 Å². The van der Waals surface area contributed by atoms with E-state index in [2.05, 4.69) is 11.9 Å². The molecule has 0 aliphatic carbocycles. The van der Waals surface area contributed by atoms with Crippen LogP contribution in [0.3, 0.4) is 0 Å². The molecule has 0 aliphatic heterocycles. The van der Waals surface area contributed by atoms with Crippen molar-refractivity contribution in [1.29, 1.82) is 0 Å². The molecule has 0 aliphatic rings. The second-order valence-corrected chi connectivity index (χ2v) is 0. The van der Waals surface area contributed by atoms with Crippen molar-refractivity contribution in [2.75, 3.05) is 0 Å². The molecule has 0 bridgehead atoms. The summed E-state index contributed by atoms with van der Waals surface area (Å²) in [6.45, 7) is 0. The van der Waals surface area contributed by atoms with Crippen LogP contribution in [0.4, 0.5) is 0 Å². The van der Waals surface area contributed by atoms with Crippen LogP contribution in [0.2, 0.25) is 0 Å². The third-order valence-electron chi connectivity index (χ3n) is 0. The zero-order chi connectivity index (χ0) is 2.00. The van der Waals surface area contributed by atoms with Crippen molar-refractivity contribution in [2.45, 2.75) is 0 Å².